The van der Waals surface area contributed by atoms with Crippen LogP contribution in [0.4, 0.5) is 5.69 Å². The summed E-state index contributed by atoms with van der Waals surface area (Å²) in [6.07, 6.45) is 1.52. The molecule has 0 unspecified atom stereocenters. The second-order valence-corrected chi connectivity index (χ2v) is 6.66. The third-order valence-electron chi connectivity index (χ3n) is 4.36. The number of nitriles is 1. The number of nitrogens with two attached hydrogens (primary N) is 1. The van der Waals surface area contributed by atoms with Crippen LogP contribution < -0.4 is 21.1 Å². The van der Waals surface area contributed by atoms with Gasteiger partial charge in [-0.25, -0.2) is 0 Å². The first-order valence-corrected chi connectivity index (χ1v) is 9.32. The third-order valence-corrected chi connectivity index (χ3v) is 4.65. The second kappa shape index (κ2) is 9.24. The highest BCUT2D eigenvalue weighted by Crippen LogP contribution is 2.29. The van der Waals surface area contributed by atoms with Gasteiger partial charge >= 0.3 is 0 Å². The highest BCUT2D eigenvalue weighted by molar-refractivity contribution is 6.32. The molecule has 0 aliphatic rings. The molecule has 0 aliphatic carbocycles. The Morgan fingerprint density at radius 1 is 1.31 bits per heavy atom. The van der Waals surface area contributed by atoms with E-state index in [9.17, 15) is 10.1 Å². The molecule has 0 saturated carbocycles. The van der Waals surface area contributed by atoms with Crippen LogP contribution in [0.5, 0.6) is 5.75 Å². The molecule has 1 amide bonds. The Balaban J connectivity index is 2.01. The van der Waals surface area contributed by atoms with Crippen molar-refractivity contribution in [2.75, 3.05) is 25.5 Å². The number of fused-ring (bicyclic) bond motifs is 1. The van der Waals surface area contributed by atoms with E-state index >= 15 is 0 Å². The van der Waals surface area contributed by atoms with E-state index in [1.807, 2.05) is 6.07 Å². The number of carbonyl (C=O) groups excluding carboxylic acids is 1. The maximum absolute atomic E-state index is 12.6. The number of anilines is 1. The smallest absolute Gasteiger partial charge is 0.255 e. The first-order chi connectivity index (χ1) is 14.1. The fourth-order valence-electron chi connectivity index (χ4n) is 2.92. The molecule has 3 rings (SSSR count). The van der Waals surface area contributed by atoms with Crippen LogP contribution >= 0.6 is 11.6 Å². The van der Waals surface area contributed by atoms with Crippen molar-refractivity contribution >= 4 is 34.1 Å². The number of amides is 1. The molecule has 0 radical (unpaired) electrons. The Morgan fingerprint density at radius 2 is 2.14 bits per heavy atom. The standard InChI is InChI=1S/C21H20ClN5O2/c1-29-19-5-3-14(9-17(19)22)11-27-20-15-8-13(10-24)2-4-18(15)26-12-16(20)21(28)25-7-6-23/h2-5,8-9,12H,6-7,11,23H2,1H3,(H,25,28)(H,26,27). The van der Waals surface area contributed by atoms with Crippen LogP contribution in [0.3, 0.4) is 0 Å². The van der Waals surface area contributed by atoms with Crippen LogP contribution in [0.25, 0.3) is 10.9 Å². The van der Waals surface area contributed by atoms with Crippen molar-refractivity contribution in [2.24, 2.45) is 5.73 Å². The van der Waals surface area contributed by atoms with Gasteiger partial charge in [0.25, 0.3) is 5.91 Å². The molecule has 29 heavy (non-hydrogen) atoms. The van der Waals surface area contributed by atoms with Gasteiger partial charge in [0, 0.05) is 31.2 Å². The number of nitrogens with zero attached hydrogens (tertiary/aromatic N) is 2. The molecular weight excluding hydrogens is 390 g/mol. The molecule has 0 fully saturated rings. The predicted molar refractivity (Wildman–Crippen MR) is 113 cm³/mol. The molecule has 0 saturated heterocycles. The third kappa shape index (κ3) is 4.57. The van der Waals surface area contributed by atoms with Crippen LogP contribution in [-0.4, -0.2) is 31.1 Å². The van der Waals surface area contributed by atoms with Crippen molar-refractivity contribution < 1.29 is 9.53 Å². The largest absolute Gasteiger partial charge is 0.495 e. The summed E-state index contributed by atoms with van der Waals surface area (Å²) >= 11 is 6.21. The lowest BCUT2D eigenvalue weighted by Gasteiger charge is -2.15. The molecule has 1 heterocycles. The van der Waals surface area contributed by atoms with Crippen LogP contribution in [0.15, 0.2) is 42.6 Å². The minimum Gasteiger partial charge on any atom is -0.495 e. The maximum atomic E-state index is 12.6. The number of halogens is 1. The lowest BCUT2D eigenvalue weighted by atomic mass is 10.1. The summed E-state index contributed by atoms with van der Waals surface area (Å²) in [4.78, 5) is 17.0. The van der Waals surface area contributed by atoms with Gasteiger partial charge in [0.2, 0.25) is 0 Å². The summed E-state index contributed by atoms with van der Waals surface area (Å²) in [5.41, 5.74) is 8.52. The zero-order chi connectivity index (χ0) is 20.8. The van der Waals surface area contributed by atoms with Crippen molar-refractivity contribution in [1.29, 1.82) is 5.26 Å². The van der Waals surface area contributed by atoms with Gasteiger partial charge in [0.05, 0.1) is 40.5 Å². The van der Waals surface area contributed by atoms with Crippen molar-refractivity contribution in [3.8, 4) is 11.8 Å². The van der Waals surface area contributed by atoms with Crippen LogP contribution in [-0.2, 0) is 6.54 Å². The molecule has 3 aromatic rings. The minimum absolute atomic E-state index is 0.289. The molecule has 0 atom stereocenters. The Labute approximate surface area is 173 Å². The predicted octanol–water partition coefficient (Wildman–Crippen LogP) is 3.07. The molecule has 0 aliphatic heterocycles. The van der Waals surface area contributed by atoms with E-state index in [4.69, 9.17) is 22.1 Å². The SMILES string of the molecule is COc1ccc(CNc2c(C(=O)NCCN)cnc3ccc(C#N)cc23)cc1Cl. The molecule has 1 aromatic heterocycles. The van der Waals surface area contributed by atoms with Gasteiger partial charge in [-0.05, 0) is 35.9 Å². The summed E-state index contributed by atoms with van der Waals surface area (Å²) in [5, 5.41) is 16.5. The monoisotopic (exact) mass is 409 g/mol. The highest BCUT2D eigenvalue weighted by Gasteiger charge is 2.16. The van der Waals surface area contributed by atoms with Crippen LogP contribution in [0.1, 0.15) is 21.5 Å². The summed E-state index contributed by atoms with van der Waals surface area (Å²) in [5.74, 6) is 0.299. The fraction of sp³-hybridized carbons (Fsp3) is 0.190. The Kier molecular flexibility index (Phi) is 6.50. The van der Waals surface area contributed by atoms with Crippen molar-refractivity contribution in [1.82, 2.24) is 10.3 Å². The normalized spacial score (nSPS) is 10.4. The van der Waals surface area contributed by atoms with Crippen molar-refractivity contribution in [3.05, 3.63) is 64.3 Å². The molecule has 7 nitrogen and oxygen atoms in total. The lowest BCUT2D eigenvalue weighted by Crippen LogP contribution is -2.29. The van der Waals surface area contributed by atoms with Gasteiger partial charge < -0.3 is 21.1 Å². The summed E-state index contributed by atoms with van der Waals surface area (Å²) in [6.45, 7) is 1.10. The van der Waals surface area contributed by atoms with E-state index in [2.05, 4.69) is 21.7 Å². The number of pyridine rings is 1. The quantitative estimate of drug-likeness (QED) is 0.552. The van der Waals surface area contributed by atoms with E-state index < -0.39 is 0 Å². The molecule has 2 aromatic carbocycles. The van der Waals surface area contributed by atoms with E-state index in [-0.39, 0.29) is 5.91 Å². The average molecular weight is 410 g/mol. The topological polar surface area (TPSA) is 113 Å². The Bertz CT molecular complexity index is 1090. The summed E-state index contributed by atoms with van der Waals surface area (Å²) < 4.78 is 5.18. The summed E-state index contributed by atoms with van der Waals surface area (Å²) in [6, 6.07) is 12.7. The number of aromatic nitrogens is 1. The lowest BCUT2D eigenvalue weighted by molar-refractivity contribution is 0.0955. The fourth-order valence-corrected chi connectivity index (χ4v) is 3.20. The molecule has 148 valence electrons. The molecular formula is C21H20ClN5O2. The number of rotatable bonds is 7. The number of ether oxygens (including phenoxy) is 1. The summed E-state index contributed by atoms with van der Waals surface area (Å²) in [7, 11) is 1.56. The number of hydrogen-bond acceptors (Lipinski definition) is 6. The number of nitrogens with one attached hydrogen (secondary N) is 2. The van der Waals surface area contributed by atoms with Crippen LogP contribution in [0.2, 0.25) is 5.02 Å². The molecule has 4 N–H and O–H groups in total. The van der Waals surface area contributed by atoms with Crippen molar-refractivity contribution in [3.63, 3.8) is 0 Å². The van der Waals surface area contributed by atoms with Gasteiger partial charge in [-0.2, -0.15) is 5.26 Å². The number of hydrogen-bond donors (Lipinski definition) is 3. The van der Waals surface area contributed by atoms with Crippen LogP contribution in [0, 0.1) is 11.3 Å². The van der Waals surface area contributed by atoms with E-state index in [0.29, 0.717) is 58.1 Å². The highest BCUT2D eigenvalue weighted by atomic mass is 35.5. The zero-order valence-corrected chi connectivity index (χ0v) is 16.6. The van der Waals surface area contributed by atoms with Gasteiger partial charge in [-0.15, -0.1) is 0 Å². The zero-order valence-electron chi connectivity index (χ0n) is 15.8. The minimum atomic E-state index is -0.289. The number of methoxy groups -OCH3 is 1. The number of benzene rings is 2. The number of carbonyl (C=O) groups is 1. The van der Waals surface area contributed by atoms with Gasteiger partial charge in [-0.1, -0.05) is 17.7 Å². The Morgan fingerprint density at radius 3 is 2.83 bits per heavy atom. The van der Waals surface area contributed by atoms with Crippen molar-refractivity contribution in [2.45, 2.75) is 6.54 Å². The molecule has 8 heteroatoms. The van der Waals surface area contributed by atoms with Gasteiger partial charge in [-0.3, -0.25) is 9.78 Å². The van der Waals surface area contributed by atoms with E-state index in [1.165, 1.54) is 6.20 Å². The maximum Gasteiger partial charge on any atom is 0.255 e. The Hall–Kier alpha value is -3.34. The van der Waals surface area contributed by atoms with Gasteiger partial charge in [0.15, 0.2) is 0 Å². The van der Waals surface area contributed by atoms with Gasteiger partial charge in [0.1, 0.15) is 5.75 Å². The van der Waals surface area contributed by atoms with E-state index in [1.54, 1.807) is 37.4 Å². The first kappa shape index (κ1) is 20.4. The average Bonchev–Trinajstić information content (AvgIpc) is 2.75. The second-order valence-electron chi connectivity index (χ2n) is 6.26. The van der Waals surface area contributed by atoms with E-state index in [0.717, 1.165) is 5.56 Å². The molecule has 0 bridgehead atoms. The first-order valence-electron chi connectivity index (χ1n) is 8.94. The molecule has 0 spiro atoms.